The summed E-state index contributed by atoms with van der Waals surface area (Å²) in [5.74, 6) is 0.625. The number of carbonyl (C=O) groups is 1. The van der Waals surface area contributed by atoms with E-state index in [4.69, 9.17) is 24.5 Å². The molecule has 0 saturated carbocycles. The number of anilines is 2. The number of alkyl halides is 1. The normalized spacial score (nSPS) is 26.3. The SMILES string of the molecule is CCc1c(F)ccc2cc(O)cc(N3CCc4c(nc(OC[C@@]56CCCN5C[C@H](F)C6)nc4N4CCCn5nc(C(=O)N6C[C@H]7C[C@@H]6CCO7)cc5C4)C3)c12. The third kappa shape index (κ3) is 6.07. The van der Waals surface area contributed by atoms with Crippen molar-refractivity contribution in [1.82, 2.24) is 29.5 Å². The number of hydrogen-bond acceptors (Lipinski definition) is 10. The average molecular weight is 755 g/mol. The van der Waals surface area contributed by atoms with E-state index in [-0.39, 0.29) is 41.2 Å². The molecule has 0 aliphatic carbocycles. The zero-order valence-corrected chi connectivity index (χ0v) is 31.4. The van der Waals surface area contributed by atoms with Crippen LogP contribution in [0.1, 0.15) is 78.5 Å². The third-order valence-electron chi connectivity index (χ3n) is 13.1. The molecule has 10 rings (SSSR count). The number of amides is 1. The largest absolute Gasteiger partial charge is 0.508 e. The van der Waals surface area contributed by atoms with Crippen LogP contribution in [0.15, 0.2) is 30.3 Å². The summed E-state index contributed by atoms with van der Waals surface area (Å²) in [7, 11) is 0. The first-order chi connectivity index (χ1) is 26.7. The number of fused-ring (bicyclic) bond motifs is 6. The molecule has 6 aliphatic rings. The lowest BCUT2D eigenvalue weighted by atomic mass is 9.95. The van der Waals surface area contributed by atoms with Crippen molar-refractivity contribution in [1.29, 1.82) is 0 Å². The van der Waals surface area contributed by atoms with E-state index < -0.39 is 6.17 Å². The number of hydrogen-bond donors (Lipinski definition) is 1. The second-order valence-corrected chi connectivity index (χ2v) is 16.4. The fourth-order valence-corrected chi connectivity index (χ4v) is 10.4. The Morgan fingerprint density at radius 2 is 1.98 bits per heavy atom. The van der Waals surface area contributed by atoms with Crippen LogP contribution in [0.4, 0.5) is 20.3 Å². The molecule has 0 radical (unpaired) electrons. The number of ether oxygens (including phenoxy) is 2. The maximum absolute atomic E-state index is 15.2. The minimum atomic E-state index is -0.871. The highest BCUT2D eigenvalue weighted by Gasteiger charge is 2.49. The van der Waals surface area contributed by atoms with Gasteiger partial charge in [-0.15, -0.1) is 0 Å². The maximum Gasteiger partial charge on any atom is 0.318 e. The Balaban J connectivity index is 0.992. The van der Waals surface area contributed by atoms with Gasteiger partial charge in [0.05, 0.1) is 36.1 Å². The molecular formula is C41H48F2N8O4. The van der Waals surface area contributed by atoms with Crippen LogP contribution in [-0.2, 0) is 37.2 Å². The number of aromatic hydroxyl groups is 1. The Morgan fingerprint density at radius 1 is 1.07 bits per heavy atom. The Kier molecular flexibility index (Phi) is 8.61. The summed E-state index contributed by atoms with van der Waals surface area (Å²) in [6.07, 6.45) is 5.27. The summed E-state index contributed by atoms with van der Waals surface area (Å²) in [6.45, 7) is 7.82. The molecule has 2 bridgehead atoms. The van der Waals surface area contributed by atoms with Crippen molar-refractivity contribution in [2.45, 2.75) is 102 Å². The molecule has 55 heavy (non-hydrogen) atoms. The van der Waals surface area contributed by atoms with Crippen LogP contribution in [0.25, 0.3) is 10.8 Å². The van der Waals surface area contributed by atoms with Crippen LogP contribution >= 0.6 is 0 Å². The molecule has 4 saturated heterocycles. The van der Waals surface area contributed by atoms with E-state index in [1.807, 2.05) is 22.6 Å². The fraction of sp³-hybridized carbons (Fsp3) is 0.561. The third-order valence-corrected chi connectivity index (χ3v) is 13.1. The van der Waals surface area contributed by atoms with Gasteiger partial charge in [-0.05, 0) is 80.6 Å². The van der Waals surface area contributed by atoms with Crippen molar-refractivity contribution in [2.75, 3.05) is 55.7 Å². The Bertz CT molecular complexity index is 2160. The van der Waals surface area contributed by atoms with E-state index in [0.29, 0.717) is 83.0 Å². The van der Waals surface area contributed by atoms with Crippen LogP contribution in [-0.4, -0.2) is 110 Å². The van der Waals surface area contributed by atoms with Gasteiger partial charge in [0.2, 0.25) is 0 Å². The van der Waals surface area contributed by atoms with Crippen molar-refractivity contribution in [3.8, 4) is 11.8 Å². The smallest absolute Gasteiger partial charge is 0.318 e. The molecule has 4 atom stereocenters. The maximum atomic E-state index is 15.2. The van der Waals surface area contributed by atoms with E-state index in [1.165, 1.54) is 6.07 Å². The second kappa shape index (κ2) is 13.6. The van der Waals surface area contributed by atoms with E-state index in [0.717, 1.165) is 84.4 Å². The zero-order chi connectivity index (χ0) is 37.4. The van der Waals surface area contributed by atoms with Crippen LogP contribution in [0.5, 0.6) is 11.8 Å². The van der Waals surface area contributed by atoms with Gasteiger partial charge in [0.15, 0.2) is 5.69 Å². The van der Waals surface area contributed by atoms with Crippen molar-refractivity contribution in [3.05, 3.63) is 64.4 Å². The summed E-state index contributed by atoms with van der Waals surface area (Å²) in [4.78, 5) is 32.5. The van der Waals surface area contributed by atoms with Crippen LogP contribution in [0.3, 0.4) is 0 Å². The van der Waals surface area contributed by atoms with E-state index in [9.17, 15) is 14.3 Å². The predicted molar refractivity (Wildman–Crippen MR) is 202 cm³/mol. The number of halogens is 2. The highest BCUT2D eigenvalue weighted by Crippen LogP contribution is 2.42. The predicted octanol–water partition coefficient (Wildman–Crippen LogP) is 5.17. The van der Waals surface area contributed by atoms with Gasteiger partial charge in [-0.25, -0.2) is 8.78 Å². The Morgan fingerprint density at radius 3 is 2.85 bits per heavy atom. The number of phenols is 1. The number of phenolic OH excluding ortho intramolecular Hbond substituents is 1. The number of carbonyl (C=O) groups excluding carboxylic acids is 1. The first-order valence-corrected chi connectivity index (χ1v) is 20.1. The molecule has 1 N–H and O–H groups in total. The lowest BCUT2D eigenvalue weighted by Gasteiger charge is -2.35. The molecule has 290 valence electrons. The first kappa shape index (κ1) is 34.9. The number of rotatable bonds is 7. The van der Waals surface area contributed by atoms with Crippen LogP contribution in [0, 0.1) is 5.82 Å². The molecule has 4 aromatic rings. The molecule has 4 fully saturated rings. The Hall–Kier alpha value is -4.56. The fourth-order valence-electron chi connectivity index (χ4n) is 10.4. The molecule has 2 aromatic heterocycles. The van der Waals surface area contributed by atoms with E-state index >= 15 is 4.39 Å². The molecule has 12 nitrogen and oxygen atoms in total. The van der Waals surface area contributed by atoms with Crippen molar-refractivity contribution >= 4 is 28.2 Å². The molecule has 0 unspecified atom stereocenters. The van der Waals surface area contributed by atoms with Gasteiger partial charge in [-0.1, -0.05) is 13.0 Å². The zero-order valence-electron chi connectivity index (χ0n) is 31.4. The van der Waals surface area contributed by atoms with Gasteiger partial charge in [0.1, 0.15) is 30.2 Å². The van der Waals surface area contributed by atoms with Crippen LogP contribution < -0.4 is 14.5 Å². The number of aryl methyl sites for hydroxylation is 2. The minimum Gasteiger partial charge on any atom is -0.508 e. The number of aromatic nitrogens is 4. The topological polar surface area (TPSA) is 112 Å². The van der Waals surface area contributed by atoms with Gasteiger partial charge < -0.3 is 29.3 Å². The number of likely N-dealkylation sites (tertiary alicyclic amines) is 1. The van der Waals surface area contributed by atoms with E-state index in [1.54, 1.807) is 18.2 Å². The van der Waals surface area contributed by atoms with Crippen molar-refractivity contribution in [2.24, 2.45) is 0 Å². The molecule has 1 amide bonds. The standard InChI is InChI=1S/C41H48F2N8O4/c1-2-31-33(43)6-5-25-15-29(52)18-36(37(25)31)47-13-7-32-35(23-47)44-40(55-24-41-9-3-11-49(41)20-26(42)19-41)45-38(32)48-10-4-12-51-28(21-48)17-34(46-51)39(53)50-22-30-16-27(50)8-14-54-30/h5-6,15,17-18,26-27,30,52H,2-4,7-14,16,19-24H2,1H3/t26-,27+,30-,41+/m1/s1. The summed E-state index contributed by atoms with van der Waals surface area (Å²) in [6, 6.07) is 9.01. The number of nitrogens with zero attached hydrogens (tertiary/aromatic N) is 8. The van der Waals surface area contributed by atoms with Gasteiger partial charge >= 0.3 is 6.01 Å². The highest BCUT2D eigenvalue weighted by atomic mass is 19.1. The quantitative estimate of drug-likeness (QED) is 0.272. The van der Waals surface area contributed by atoms with Crippen LogP contribution in [0.2, 0.25) is 0 Å². The second-order valence-electron chi connectivity index (χ2n) is 16.4. The molecule has 8 heterocycles. The highest BCUT2D eigenvalue weighted by molar-refractivity contribution is 5.98. The average Bonchev–Trinajstić information content (AvgIpc) is 3.89. The van der Waals surface area contributed by atoms with Crippen molar-refractivity contribution in [3.63, 3.8) is 0 Å². The summed E-state index contributed by atoms with van der Waals surface area (Å²) in [5, 5.41) is 17.2. The number of benzene rings is 2. The summed E-state index contributed by atoms with van der Waals surface area (Å²) in [5.41, 5.74) is 4.28. The molecule has 2 aromatic carbocycles. The molecular weight excluding hydrogens is 706 g/mol. The van der Waals surface area contributed by atoms with Gasteiger partial charge in [-0.3, -0.25) is 14.4 Å². The van der Waals surface area contributed by atoms with E-state index in [2.05, 4.69) is 14.7 Å². The monoisotopic (exact) mass is 754 g/mol. The summed E-state index contributed by atoms with van der Waals surface area (Å²) < 4.78 is 44.2. The van der Waals surface area contributed by atoms with Gasteiger partial charge in [-0.2, -0.15) is 15.1 Å². The Labute approximate surface area is 319 Å². The lowest BCUT2D eigenvalue weighted by molar-refractivity contribution is 0.0419. The van der Waals surface area contributed by atoms with Crippen molar-refractivity contribution < 1.29 is 28.2 Å². The molecule has 0 spiro atoms. The van der Waals surface area contributed by atoms with Gasteiger partial charge in [0, 0.05) is 74.5 Å². The lowest BCUT2D eigenvalue weighted by Crippen LogP contribution is -2.43. The minimum absolute atomic E-state index is 0.0336. The first-order valence-electron chi connectivity index (χ1n) is 20.1. The molecule has 6 aliphatic heterocycles. The summed E-state index contributed by atoms with van der Waals surface area (Å²) >= 11 is 0. The molecule has 14 heteroatoms. The van der Waals surface area contributed by atoms with Gasteiger partial charge in [0.25, 0.3) is 5.91 Å².